The van der Waals surface area contributed by atoms with Gasteiger partial charge >= 0.3 is 5.91 Å². The quantitative estimate of drug-likeness (QED) is 0.410. The maximum Gasteiger partial charge on any atom is 0.300 e. The van der Waals surface area contributed by atoms with Crippen molar-refractivity contribution < 1.29 is 9.90 Å². The first-order valence-electron chi connectivity index (χ1n) is 9.83. The number of pyridine rings is 2. The fourth-order valence-corrected chi connectivity index (χ4v) is 3.98. The molecule has 9 heteroatoms. The van der Waals surface area contributed by atoms with Crippen LogP contribution in [0.3, 0.4) is 0 Å². The number of aromatic hydroxyl groups is 1. The van der Waals surface area contributed by atoms with E-state index in [4.69, 9.17) is 0 Å². The number of fused-ring (bicyclic) bond motifs is 2. The van der Waals surface area contributed by atoms with Gasteiger partial charge in [-0.3, -0.25) is 9.59 Å². The molecule has 0 fully saturated rings. The molecule has 158 valence electrons. The highest BCUT2D eigenvalue weighted by Gasteiger charge is 2.19. The van der Waals surface area contributed by atoms with Gasteiger partial charge in [-0.2, -0.15) is 0 Å². The Kier molecular flexibility index (Phi) is 5.45. The van der Waals surface area contributed by atoms with Crippen molar-refractivity contribution in [3.63, 3.8) is 0 Å². The SMILES string of the molecule is CCn1cc(C(=O)N=Nc2c(O)n(CC)c3ccc(Br)cc23)c(=O)c2ccc(C)nc21. The Hall–Kier alpha value is -3.33. The zero-order chi connectivity index (χ0) is 22.3. The minimum Gasteiger partial charge on any atom is -0.493 e. The van der Waals surface area contributed by atoms with E-state index in [1.807, 2.05) is 32.9 Å². The Morgan fingerprint density at radius 2 is 1.94 bits per heavy atom. The van der Waals surface area contributed by atoms with E-state index < -0.39 is 11.3 Å². The molecule has 0 unspecified atom stereocenters. The smallest absolute Gasteiger partial charge is 0.300 e. The minimum atomic E-state index is -0.776. The van der Waals surface area contributed by atoms with Crippen LogP contribution in [0, 0.1) is 6.92 Å². The molecule has 0 radical (unpaired) electrons. The number of azo groups is 1. The van der Waals surface area contributed by atoms with Crippen LogP contribution in [-0.4, -0.2) is 25.1 Å². The standard InChI is InChI=1S/C22H20BrN5O3/c1-4-27-11-16(19(29)14-8-6-12(3)24-20(14)27)21(30)26-25-18-15-10-13(23)7-9-17(15)28(5-2)22(18)31/h6-11,31H,4-5H2,1-3H3. The summed E-state index contributed by atoms with van der Waals surface area (Å²) in [7, 11) is 0. The monoisotopic (exact) mass is 481 g/mol. The molecule has 4 rings (SSSR count). The van der Waals surface area contributed by atoms with Gasteiger partial charge in [0.2, 0.25) is 11.3 Å². The molecule has 0 saturated carbocycles. The molecule has 3 aromatic heterocycles. The number of carbonyl (C=O) groups excluding carboxylic acids is 1. The summed E-state index contributed by atoms with van der Waals surface area (Å²) in [5, 5.41) is 19.4. The van der Waals surface area contributed by atoms with Crippen LogP contribution in [0.2, 0.25) is 0 Å². The summed E-state index contributed by atoms with van der Waals surface area (Å²) in [4.78, 5) is 30.1. The maximum absolute atomic E-state index is 12.9. The topological polar surface area (TPSA) is 102 Å². The number of nitrogens with zero attached hydrogens (tertiary/aromatic N) is 5. The number of carbonyl (C=O) groups is 1. The molecule has 0 spiro atoms. The number of amides is 1. The molecule has 1 amide bonds. The molecular formula is C22H20BrN5O3. The summed E-state index contributed by atoms with van der Waals surface area (Å²) in [6, 6.07) is 8.90. The number of aromatic nitrogens is 3. The Balaban J connectivity index is 1.83. The lowest BCUT2D eigenvalue weighted by Crippen LogP contribution is -2.18. The lowest BCUT2D eigenvalue weighted by Gasteiger charge is -2.09. The van der Waals surface area contributed by atoms with Gasteiger partial charge < -0.3 is 14.2 Å². The molecule has 0 saturated heterocycles. The van der Waals surface area contributed by atoms with E-state index in [0.29, 0.717) is 29.5 Å². The molecule has 1 aromatic carbocycles. The van der Waals surface area contributed by atoms with Crippen molar-refractivity contribution in [2.24, 2.45) is 10.2 Å². The van der Waals surface area contributed by atoms with Gasteiger partial charge in [0.1, 0.15) is 11.2 Å². The molecule has 0 bridgehead atoms. The van der Waals surface area contributed by atoms with Crippen molar-refractivity contribution in [1.29, 1.82) is 0 Å². The van der Waals surface area contributed by atoms with E-state index in [1.165, 1.54) is 6.20 Å². The predicted octanol–water partition coefficient (Wildman–Crippen LogP) is 5.09. The molecular weight excluding hydrogens is 462 g/mol. The molecule has 0 aliphatic heterocycles. The second-order valence-corrected chi connectivity index (χ2v) is 7.98. The number of halogens is 1. The van der Waals surface area contributed by atoms with E-state index in [2.05, 4.69) is 31.1 Å². The molecule has 8 nitrogen and oxygen atoms in total. The average molecular weight is 482 g/mol. The van der Waals surface area contributed by atoms with Crippen LogP contribution in [0.15, 0.2) is 56.0 Å². The van der Waals surface area contributed by atoms with Gasteiger partial charge in [-0.25, -0.2) is 4.98 Å². The van der Waals surface area contributed by atoms with Crippen molar-refractivity contribution in [3.8, 4) is 5.88 Å². The minimum absolute atomic E-state index is 0.0868. The van der Waals surface area contributed by atoms with Crippen molar-refractivity contribution >= 4 is 49.5 Å². The molecule has 3 heterocycles. The zero-order valence-corrected chi connectivity index (χ0v) is 18.8. The van der Waals surface area contributed by atoms with Gasteiger partial charge in [0.05, 0.1) is 10.9 Å². The summed E-state index contributed by atoms with van der Waals surface area (Å²) in [5.41, 5.74) is 1.71. The average Bonchev–Trinajstić information content (AvgIpc) is 3.01. The molecule has 0 aliphatic carbocycles. The molecule has 31 heavy (non-hydrogen) atoms. The summed E-state index contributed by atoms with van der Waals surface area (Å²) in [6.45, 7) is 6.69. The number of hydrogen-bond donors (Lipinski definition) is 1. The van der Waals surface area contributed by atoms with E-state index in [-0.39, 0.29) is 17.1 Å². The predicted molar refractivity (Wildman–Crippen MR) is 122 cm³/mol. The van der Waals surface area contributed by atoms with E-state index in [0.717, 1.165) is 15.7 Å². The summed E-state index contributed by atoms with van der Waals surface area (Å²) in [5.74, 6) is -0.863. The Bertz CT molecular complexity index is 1440. The number of aryl methyl sites for hydroxylation is 3. The van der Waals surface area contributed by atoms with Crippen LogP contribution >= 0.6 is 15.9 Å². The van der Waals surface area contributed by atoms with Crippen molar-refractivity contribution in [3.05, 3.63) is 62.5 Å². The van der Waals surface area contributed by atoms with Crippen molar-refractivity contribution in [2.45, 2.75) is 33.9 Å². The summed E-state index contributed by atoms with van der Waals surface area (Å²) in [6.07, 6.45) is 1.46. The van der Waals surface area contributed by atoms with E-state index in [9.17, 15) is 14.7 Å². The zero-order valence-electron chi connectivity index (χ0n) is 17.3. The van der Waals surface area contributed by atoms with Gasteiger partial charge in [0.25, 0.3) is 0 Å². The van der Waals surface area contributed by atoms with Gasteiger partial charge in [-0.1, -0.05) is 15.9 Å². The van der Waals surface area contributed by atoms with Crippen LogP contribution in [0.4, 0.5) is 5.69 Å². The highest BCUT2D eigenvalue weighted by atomic mass is 79.9. The number of benzene rings is 1. The van der Waals surface area contributed by atoms with Crippen molar-refractivity contribution in [2.75, 3.05) is 0 Å². The maximum atomic E-state index is 12.9. The molecule has 0 atom stereocenters. The lowest BCUT2D eigenvalue weighted by molar-refractivity contribution is 0.0993. The van der Waals surface area contributed by atoms with Crippen LogP contribution in [0.1, 0.15) is 29.9 Å². The Morgan fingerprint density at radius 3 is 2.65 bits per heavy atom. The third kappa shape index (κ3) is 3.54. The number of hydrogen-bond acceptors (Lipinski definition) is 5. The second kappa shape index (κ2) is 8.07. The van der Waals surface area contributed by atoms with Gasteiger partial charge in [0, 0.05) is 34.8 Å². The van der Waals surface area contributed by atoms with Crippen molar-refractivity contribution in [1.82, 2.24) is 14.1 Å². The largest absolute Gasteiger partial charge is 0.493 e. The highest BCUT2D eigenvalue weighted by Crippen LogP contribution is 2.40. The Morgan fingerprint density at radius 1 is 1.16 bits per heavy atom. The van der Waals surface area contributed by atoms with Gasteiger partial charge in [-0.15, -0.1) is 10.2 Å². The van der Waals surface area contributed by atoms with E-state index >= 15 is 0 Å². The molecule has 4 aromatic rings. The van der Waals surface area contributed by atoms with Crippen LogP contribution in [0.25, 0.3) is 21.9 Å². The molecule has 0 aliphatic rings. The van der Waals surface area contributed by atoms with Crippen LogP contribution < -0.4 is 5.43 Å². The van der Waals surface area contributed by atoms with Gasteiger partial charge in [-0.05, 0) is 51.1 Å². The fraction of sp³-hybridized carbons (Fsp3) is 0.227. The first kappa shape index (κ1) is 20.9. The second-order valence-electron chi connectivity index (χ2n) is 7.06. The third-order valence-corrected chi connectivity index (χ3v) is 5.65. The summed E-state index contributed by atoms with van der Waals surface area (Å²) < 4.78 is 4.22. The third-order valence-electron chi connectivity index (χ3n) is 5.16. The first-order chi connectivity index (χ1) is 14.8. The Labute approximate surface area is 186 Å². The normalized spacial score (nSPS) is 11.7. The lowest BCUT2D eigenvalue weighted by atomic mass is 10.1. The number of rotatable bonds is 4. The van der Waals surface area contributed by atoms with Gasteiger partial charge in [0.15, 0.2) is 5.69 Å². The first-order valence-corrected chi connectivity index (χ1v) is 10.6. The summed E-state index contributed by atoms with van der Waals surface area (Å²) >= 11 is 3.41. The molecule has 1 N–H and O–H groups in total. The van der Waals surface area contributed by atoms with Crippen LogP contribution in [-0.2, 0) is 13.1 Å². The fourth-order valence-electron chi connectivity index (χ4n) is 3.62. The van der Waals surface area contributed by atoms with Crippen LogP contribution in [0.5, 0.6) is 5.88 Å². The van der Waals surface area contributed by atoms with E-state index in [1.54, 1.807) is 27.3 Å². The highest BCUT2D eigenvalue weighted by molar-refractivity contribution is 9.10.